The predicted molar refractivity (Wildman–Crippen MR) is 115 cm³/mol. The molecule has 6 nitrogen and oxygen atoms in total. The topological polar surface area (TPSA) is 74.1 Å². The summed E-state index contributed by atoms with van der Waals surface area (Å²) in [5.74, 6) is 0.633. The second kappa shape index (κ2) is 8.10. The van der Waals surface area contributed by atoms with E-state index in [2.05, 4.69) is 15.5 Å². The summed E-state index contributed by atoms with van der Waals surface area (Å²) in [5.41, 5.74) is 5.97. The van der Waals surface area contributed by atoms with E-state index in [-0.39, 0.29) is 0 Å². The van der Waals surface area contributed by atoms with Gasteiger partial charge in [-0.05, 0) is 35.9 Å². The molecule has 0 atom stereocenters. The lowest BCUT2D eigenvalue weighted by Crippen LogP contribution is -2.26. The van der Waals surface area contributed by atoms with Crippen LogP contribution in [0.15, 0.2) is 52.6 Å². The molecule has 0 radical (unpaired) electrons. The van der Waals surface area contributed by atoms with E-state index in [1.165, 1.54) is 29.4 Å². The van der Waals surface area contributed by atoms with Crippen LogP contribution in [-0.4, -0.2) is 38.4 Å². The number of anilines is 1. The van der Waals surface area contributed by atoms with Crippen molar-refractivity contribution in [3.05, 3.63) is 58.1 Å². The first-order valence-corrected chi connectivity index (χ1v) is 11.4. The number of rotatable bonds is 4. The maximum Gasteiger partial charge on any atom is 0.231 e. The molecule has 0 fully saturated rings. The summed E-state index contributed by atoms with van der Waals surface area (Å²) in [6.07, 6.45) is 1.17. The van der Waals surface area contributed by atoms with Gasteiger partial charge in [0, 0.05) is 12.8 Å². The number of halogens is 2. The van der Waals surface area contributed by atoms with Crippen LogP contribution in [0.5, 0.6) is 0 Å². The molecule has 3 rings (SSSR count). The van der Waals surface area contributed by atoms with Crippen LogP contribution in [0.4, 0.5) is 11.4 Å². The third-order valence-corrected chi connectivity index (χ3v) is 6.65. The summed E-state index contributed by atoms with van der Waals surface area (Å²) in [7, 11) is -1.76. The number of thioether (sulfide) groups is 1. The maximum atomic E-state index is 11.6. The molecule has 0 aromatic heterocycles. The summed E-state index contributed by atoms with van der Waals surface area (Å²) < 4.78 is 24.4. The summed E-state index contributed by atoms with van der Waals surface area (Å²) in [6.45, 7) is 0. The molecule has 1 aliphatic rings. The van der Waals surface area contributed by atoms with Gasteiger partial charge >= 0.3 is 0 Å². The third-order valence-electron chi connectivity index (χ3n) is 3.83. The van der Waals surface area contributed by atoms with Gasteiger partial charge in [-0.2, -0.15) is 5.10 Å². The minimum absolute atomic E-state index is 0.447. The highest BCUT2D eigenvalue weighted by atomic mass is 35.5. The Morgan fingerprint density at radius 3 is 2.41 bits per heavy atom. The zero-order chi connectivity index (χ0) is 19.6. The van der Waals surface area contributed by atoms with Crippen molar-refractivity contribution in [3.8, 4) is 0 Å². The Balaban J connectivity index is 1.73. The quantitative estimate of drug-likeness (QED) is 0.772. The zero-order valence-electron chi connectivity index (χ0n) is 14.5. The van der Waals surface area contributed by atoms with Gasteiger partial charge < -0.3 is 0 Å². The van der Waals surface area contributed by atoms with Crippen LogP contribution in [0.25, 0.3) is 0 Å². The van der Waals surface area contributed by atoms with E-state index in [1.54, 1.807) is 30.3 Å². The molecule has 0 saturated heterocycles. The first-order chi connectivity index (χ1) is 12.7. The molecule has 0 aliphatic carbocycles. The fourth-order valence-electron chi connectivity index (χ4n) is 2.25. The zero-order valence-corrected chi connectivity index (χ0v) is 17.6. The number of amidine groups is 1. The van der Waals surface area contributed by atoms with E-state index < -0.39 is 10.0 Å². The second-order valence-corrected chi connectivity index (χ2v) is 9.54. The van der Waals surface area contributed by atoms with Crippen LogP contribution < -0.4 is 9.73 Å². The molecule has 27 heavy (non-hydrogen) atoms. The summed E-state index contributed by atoms with van der Waals surface area (Å²) in [4.78, 5) is 4.46. The highest BCUT2D eigenvalue weighted by molar-refractivity contribution is 8.14. The Kier molecular flexibility index (Phi) is 6.00. The number of sulfonamides is 1. The van der Waals surface area contributed by atoms with Crippen LogP contribution in [0.2, 0.25) is 10.0 Å². The van der Waals surface area contributed by atoms with Crippen molar-refractivity contribution < 1.29 is 8.42 Å². The fourth-order valence-corrected chi connectivity index (χ4v) is 3.83. The van der Waals surface area contributed by atoms with E-state index in [1.807, 2.05) is 12.1 Å². The standard InChI is InChI=1S/C17H16Cl2N4O2S2/c1-23(27(2,24)25)13-6-3-11(4-7-13)16-10-26-17(22-21-16)20-12-5-8-14(18)15(19)9-12/h3-9H,10H2,1-2H3,(H,20,22). The third kappa shape index (κ3) is 4.95. The molecule has 1 N–H and O–H groups in total. The molecule has 10 heteroatoms. The number of nitrogens with one attached hydrogen (secondary N) is 1. The van der Waals surface area contributed by atoms with Gasteiger partial charge in [0.15, 0.2) is 5.17 Å². The van der Waals surface area contributed by atoms with Gasteiger partial charge in [0.2, 0.25) is 10.0 Å². The first-order valence-electron chi connectivity index (χ1n) is 7.77. The van der Waals surface area contributed by atoms with Gasteiger partial charge in [-0.3, -0.25) is 9.73 Å². The average molecular weight is 443 g/mol. The van der Waals surface area contributed by atoms with Crippen molar-refractivity contribution in [1.29, 1.82) is 0 Å². The summed E-state index contributed by atoms with van der Waals surface area (Å²) >= 11 is 13.4. The number of benzene rings is 2. The van der Waals surface area contributed by atoms with Crippen molar-refractivity contribution in [3.63, 3.8) is 0 Å². The van der Waals surface area contributed by atoms with Crippen LogP contribution in [0, 0.1) is 0 Å². The Morgan fingerprint density at radius 1 is 1.15 bits per heavy atom. The molecular weight excluding hydrogens is 427 g/mol. The van der Waals surface area contributed by atoms with Crippen molar-refractivity contribution in [2.45, 2.75) is 0 Å². The van der Waals surface area contributed by atoms with Crippen molar-refractivity contribution in [2.75, 3.05) is 23.4 Å². The largest absolute Gasteiger partial charge is 0.274 e. The molecule has 1 aliphatic heterocycles. The van der Waals surface area contributed by atoms with E-state index >= 15 is 0 Å². The fraction of sp³-hybridized carbons (Fsp3) is 0.176. The van der Waals surface area contributed by atoms with Gasteiger partial charge in [-0.15, -0.1) is 0 Å². The van der Waals surface area contributed by atoms with Gasteiger partial charge in [0.1, 0.15) is 0 Å². The maximum absolute atomic E-state index is 11.6. The molecule has 142 valence electrons. The van der Waals surface area contributed by atoms with Gasteiger partial charge in [-0.1, -0.05) is 47.1 Å². The number of aliphatic imine (C=N–C) groups is 1. The van der Waals surface area contributed by atoms with E-state index in [0.29, 0.717) is 32.3 Å². The normalized spacial score (nSPS) is 16.0. The lowest BCUT2D eigenvalue weighted by atomic mass is 10.1. The highest BCUT2D eigenvalue weighted by Crippen LogP contribution is 2.27. The number of hydrazone groups is 1. The van der Waals surface area contributed by atoms with Gasteiger partial charge in [-0.25, -0.2) is 13.4 Å². The predicted octanol–water partition coefficient (Wildman–Crippen LogP) is 4.12. The average Bonchev–Trinajstić information content (AvgIpc) is 2.64. The molecule has 0 spiro atoms. The summed E-state index contributed by atoms with van der Waals surface area (Å²) in [5, 5.41) is 5.95. The molecule has 2 aromatic carbocycles. The van der Waals surface area contributed by atoms with Crippen molar-refractivity contribution in [1.82, 2.24) is 5.43 Å². The second-order valence-electron chi connectivity index (χ2n) is 5.75. The van der Waals surface area contributed by atoms with Crippen LogP contribution in [0.3, 0.4) is 0 Å². The molecule has 1 heterocycles. The van der Waals surface area contributed by atoms with Gasteiger partial charge in [0.05, 0.1) is 33.4 Å². The van der Waals surface area contributed by atoms with Crippen LogP contribution >= 0.6 is 35.0 Å². The molecular formula is C17H16Cl2N4O2S2. The van der Waals surface area contributed by atoms with E-state index in [4.69, 9.17) is 23.2 Å². The van der Waals surface area contributed by atoms with Crippen molar-refractivity contribution >= 4 is 67.2 Å². The molecule has 0 bridgehead atoms. The number of hydrogen-bond acceptors (Lipinski definition) is 5. The van der Waals surface area contributed by atoms with Gasteiger partial charge in [0.25, 0.3) is 0 Å². The smallest absolute Gasteiger partial charge is 0.231 e. The Bertz CT molecular complexity index is 1020. The number of nitrogens with zero attached hydrogens (tertiary/aromatic N) is 3. The van der Waals surface area contributed by atoms with E-state index in [0.717, 1.165) is 11.3 Å². The van der Waals surface area contributed by atoms with Crippen LogP contribution in [-0.2, 0) is 10.0 Å². The van der Waals surface area contributed by atoms with E-state index in [9.17, 15) is 8.42 Å². The lowest BCUT2D eigenvalue weighted by Gasteiger charge is -2.18. The minimum atomic E-state index is -3.28. The lowest BCUT2D eigenvalue weighted by molar-refractivity contribution is 0.600. The minimum Gasteiger partial charge on any atom is -0.274 e. The monoisotopic (exact) mass is 442 g/mol. The molecule has 0 unspecified atom stereocenters. The summed E-state index contributed by atoms with van der Waals surface area (Å²) in [6, 6.07) is 12.4. The SMILES string of the molecule is CN(c1ccc(C2=NNC(=Nc3ccc(Cl)c(Cl)c3)SC2)cc1)S(C)(=O)=O. The Morgan fingerprint density at radius 2 is 1.85 bits per heavy atom. The Hall–Kier alpha value is -1.74. The number of hydrogen-bond donors (Lipinski definition) is 1. The molecule has 2 aromatic rings. The Labute approximate surface area is 172 Å². The molecule has 0 amide bonds. The van der Waals surface area contributed by atoms with Crippen molar-refractivity contribution in [2.24, 2.45) is 10.1 Å². The van der Waals surface area contributed by atoms with Crippen LogP contribution in [0.1, 0.15) is 5.56 Å². The molecule has 0 saturated carbocycles. The highest BCUT2D eigenvalue weighted by Gasteiger charge is 2.15. The first kappa shape index (κ1) is 20.0.